The molecule has 1 N–H and O–H groups in total. The third-order valence-corrected chi connectivity index (χ3v) is 3.90. The average molecular weight is 287 g/mol. The predicted molar refractivity (Wildman–Crippen MR) is 80.3 cm³/mol. The summed E-state index contributed by atoms with van der Waals surface area (Å²) in [7, 11) is 1.59. The van der Waals surface area contributed by atoms with Gasteiger partial charge in [0.05, 0.1) is 31.7 Å². The van der Waals surface area contributed by atoms with Crippen molar-refractivity contribution in [3.05, 3.63) is 30.4 Å². The largest absolute Gasteiger partial charge is 0.480 e. The van der Waals surface area contributed by atoms with E-state index in [-0.39, 0.29) is 0 Å². The van der Waals surface area contributed by atoms with Crippen LogP contribution in [0.5, 0.6) is 5.88 Å². The zero-order valence-electron chi connectivity index (χ0n) is 12.3. The number of nitrogens with one attached hydrogen (secondary N) is 1. The van der Waals surface area contributed by atoms with Gasteiger partial charge < -0.3 is 10.1 Å². The predicted octanol–water partition coefficient (Wildman–Crippen LogP) is 2.80. The van der Waals surface area contributed by atoms with E-state index in [4.69, 9.17) is 4.74 Å². The quantitative estimate of drug-likeness (QED) is 0.916. The lowest BCUT2D eigenvalue weighted by Gasteiger charge is -2.21. The van der Waals surface area contributed by atoms with E-state index in [0.29, 0.717) is 24.3 Å². The summed E-state index contributed by atoms with van der Waals surface area (Å²) in [5, 5.41) is 7.75. The van der Waals surface area contributed by atoms with Crippen LogP contribution in [-0.4, -0.2) is 26.9 Å². The summed E-state index contributed by atoms with van der Waals surface area (Å²) in [5.41, 5.74) is 1.16. The topological polar surface area (TPSA) is 64.9 Å². The molecule has 2 heterocycles. The first-order valence-corrected chi connectivity index (χ1v) is 7.48. The second kappa shape index (κ2) is 6.56. The van der Waals surface area contributed by atoms with Crippen LogP contribution in [0.15, 0.2) is 24.8 Å². The Labute approximate surface area is 124 Å². The Balaban J connectivity index is 1.59. The number of methoxy groups -OCH3 is 1. The Morgan fingerprint density at radius 3 is 2.90 bits per heavy atom. The fraction of sp³-hybridized carbons (Fsp3) is 0.533. The summed E-state index contributed by atoms with van der Waals surface area (Å²) in [6.07, 6.45) is 13.8. The van der Waals surface area contributed by atoms with Crippen molar-refractivity contribution in [2.24, 2.45) is 0 Å². The van der Waals surface area contributed by atoms with Crippen molar-refractivity contribution < 1.29 is 4.74 Å². The van der Waals surface area contributed by atoms with Crippen molar-refractivity contribution in [1.82, 2.24) is 19.7 Å². The Bertz CT molecular complexity index is 577. The molecule has 6 nitrogen and oxygen atoms in total. The van der Waals surface area contributed by atoms with Crippen LogP contribution in [0.4, 0.5) is 5.82 Å². The minimum Gasteiger partial charge on any atom is -0.480 e. The Morgan fingerprint density at radius 1 is 1.24 bits per heavy atom. The van der Waals surface area contributed by atoms with Crippen molar-refractivity contribution in [2.75, 3.05) is 12.4 Å². The van der Waals surface area contributed by atoms with Crippen LogP contribution >= 0.6 is 0 Å². The molecule has 6 heteroatoms. The molecule has 1 fully saturated rings. The lowest BCUT2D eigenvalue weighted by Crippen LogP contribution is -2.13. The Hall–Kier alpha value is -2.11. The molecule has 0 unspecified atom stereocenters. The van der Waals surface area contributed by atoms with Crippen LogP contribution in [0, 0.1) is 0 Å². The van der Waals surface area contributed by atoms with Gasteiger partial charge in [-0.05, 0) is 12.8 Å². The van der Waals surface area contributed by atoms with E-state index in [2.05, 4.69) is 31.3 Å². The summed E-state index contributed by atoms with van der Waals surface area (Å²) in [4.78, 5) is 8.36. The summed E-state index contributed by atoms with van der Waals surface area (Å²) >= 11 is 0. The van der Waals surface area contributed by atoms with E-state index in [1.54, 1.807) is 19.5 Å². The molecule has 112 valence electrons. The Kier molecular flexibility index (Phi) is 4.33. The van der Waals surface area contributed by atoms with Crippen LogP contribution in [0.25, 0.3) is 0 Å². The van der Waals surface area contributed by atoms with Crippen LogP contribution in [0.2, 0.25) is 0 Å². The monoisotopic (exact) mass is 287 g/mol. The molecule has 1 aliphatic carbocycles. The molecular formula is C15H21N5O. The molecule has 0 aromatic carbocycles. The van der Waals surface area contributed by atoms with Gasteiger partial charge in [-0.1, -0.05) is 19.3 Å². The molecule has 0 amide bonds. The average Bonchev–Trinajstić information content (AvgIpc) is 3.03. The van der Waals surface area contributed by atoms with Gasteiger partial charge in [0.1, 0.15) is 5.82 Å². The maximum Gasteiger partial charge on any atom is 0.233 e. The molecule has 3 rings (SSSR count). The van der Waals surface area contributed by atoms with Gasteiger partial charge in [0.25, 0.3) is 0 Å². The van der Waals surface area contributed by atoms with Gasteiger partial charge in [0.2, 0.25) is 5.88 Å². The molecule has 21 heavy (non-hydrogen) atoms. The molecule has 0 spiro atoms. The molecule has 0 saturated heterocycles. The normalized spacial score (nSPS) is 15.9. The molecule has 0 atom stereocenters. The van der Waals surface area contributed by atoms with Crippen molar-refractivity contribution in [2.45, 2.75) is 44.7 Å². The molecular weight excluding hydrogens is 266 g/mol. The van der Waals surface area contributed by atoms with Gasteiger partial charge in [0.15, 0.2) is 0 Å². The SMILES string of the molecule is COc1cncc(NCc2cnn(C3CCCCC3)c2)n1. The van der Waals surface area contributed by atoms with Crippen molar-refractivity contribution in [1.29, 1.82) is 0 Å². The summed E-state index contributed by atoms with van der Waals surface area (Å²) in [6.45, 7) is 0.689. The second-order valence-electron chi connectivity index (χ2n) is 5.42. The number of rotatable bonds is 5. The number of nitrogens with zero attached hydrogens (tertiary/aromatic N) is 4. The molecule has 0 aliphatic heterocycles. The zero-order valence-corrected chi connectivity index (χ0v) is 12.3. The number of ether oxygens (including phenoxy) is 1. The third-order valence-electron chi connectivity index (χ3n) is 3.90. The van der Waals surface area contributed by atoms with Gasteiger partial charge in [-0.2, -0.15) is 10.1 Å². The highest BCUT2D eigenvalue weighted by Gasteiger charge is 2.15. The fourth-order valence-corrected chi connectivity index (χ4v) is 2.74. The number of anilines is 1. The summed E-state index contributed by atoms with van der Waals surface area (Å²) in [5.74, 6) is 1.22. The lowest BCUT2D eigenvalue weighted by atomic mass is 9.96. The van der Waals surface area contributed by atoms with Crippen molar-refractivity contribution in [3.8, 4) is 5.88 Å². The summed E-state index contributed by atoms with van der Waals surface area (Å²) < 4.78 is 7.18. The second-order valence-corrected chi connectivity index (χ2v) is 5.42. The standard InChI is InChI=1S/C15H21N5O/c1-21-15-10-16-9-14(19-15)17-7-12-8-18-20(11-12)13-5-3-2-4-6-13/h8-11,13H,2-7H2,1H3,(H,17,19). The maximum absolute atomic E-state index is 5.06. The van der Waals surface area contributed by atoms with Crippen molar-refractivity contribution in [3.63, 3.8) is 0 Å². The van der Waals surface area contributed by atoms with Crippen LogP contribution < -0.4 is 10.1 Å². The highest BCUT2D eigenvalue weighted by Crippen LogP contribution is 2.27. The molecule has 0 radical (unpaired) electrons. The highest BCUT2D eigenvalue weighted by atomic mass is 16.5. The van der Waals surface area contributed by atoms with E-state index in [1.165, 1.54) is 32.1 Å². The molecule has 1 aliphatic rings. The van der Waals surface area contributed by atoms with E-state index in [1.807, 2.05) is 6.20 Å². The first-order valence-electron chi connectivity index (χ1n) is 7.48. The van der Waals surface area contributed by atoms with Gasteiger partial charge in [-0.15, -0.1) is 0 Å². The van der Waals surface area contributed by atoms with Crippen LogP contribution in [-0.2, 0) is 6.54 Å². The summed E-state index contributed by atoms with van der Waals surface area (Å²) in [6, 6.07) is 0.573. The maximum atomic E-state index is 5.06. The molecule has 1 saturated carbocycles. The first kappa shape index (κ1) is 13.9. The van der Waals surface area contributed by atoms with Gasteiger partial charge in [0, 0.05) is 18.3 Å². The first-order chi connectivity index (χ1) is 10.3. The van der Waals surface area contributed by atoms with Crippen LogP contribution in [0.3, 0.4) is 0 Å². The molecule has 0 bridgehead atoms. The highest BCUT2D eigenvalue weighted by molar-refractivity contribution is 5.34. The molecule has 2 aromatic rings. The van der Waals surface area contributed by atoms with Gasteiger partial charge in [-0.25, -0.2) is 0 Å². The number of hydrogen-bond donors (Lipinski definition) is 1. The third kappa shape index (κ3) is 3.51. The van der Waals surface area contributed by atoms with E-state index in [0.717, 1.165) is 5.56 Å². The zero-order chi connectivity index (χ0) is 14.5. The van der Waals surface area contributed by atoms with Crippen molar-refractivity contribution >= 4 is 5.82 Å². The molecule has 2 aromatic heterocycles. The van der Waals surface area contributed by atoms with Gasteiger partial charge in [-0.3, -0.25) is 9.67 Å². The van der Waals surface area contributed by atoms with E-state index < -0.39 is 0 Å². The number of hydrogen-bond acceptors (Lipinski definition) is 5. The van der Waals surface area contributed by atoms with E-state index >= 15 is 0 Å². The van der Waals surface area contributed by atoms with Crippen LogP contribution in [0.1, 0.15) is 43.7 Å². The minimum absolute atomic E-state index is 0.512. The van der Waals surface area contributed by atoms with Gasteiger partial charge >= 0.3 is 0 Å². The Morgan fingerprint density at radius 2 is 2.10 bits per heavy atom. The fourth-order valence-electron chi connectivity index (χ4n) is 2.74. The lowest BCUT2D eigenvalue weighted by molar-refractivity contribution is 0.329. The minimum atomic E-state index is 0.512. The van der Waals surface area contributed by atoms with E-state index in [9.17, 15) is 0 Å². The smallest absolute Gasteiger partial charge is 0.233 e. The number of aromatic nitrogens is 4.